The number of Topliss-reactive ketones (excluding diaryl/α,β-unsaturated/α-hetero) is 1. The molecule has 1 rings (SSSR count). The minimum atomic E-state index is -4.41. The number of ketones is 1. The van der Waals surface area contributed by atoms with Crippen molar-refractivity contribution in [1.29, 1.82) is 0 Å². The smallest absolute Gasteiger partial charge is 0.292 e. The van der Waals surface area contributed by atoms with Gasteiger partial charge in [-0.15, -0.1) is 0 Å². The second kappa shape index (κ2) is 5.29. The van der Waals surface area contributed by atoms with Gasteiger partial charge in [0.15, 0.2) is 5.78 Å². The number of carbonyl (C=O) groups is 1. The zero-order chi connectivity index (χ0) is 13.1. The Hall–Kier alpha value is -1.39. The molecule has 0 aliphatic carbocycles. The summed E-state index contributed by atoms with van der Waals surface area (Å²) in [6, 6.07) is 2.02. The van der Waals surface area contributed by atoms with Crippen LogP contribution in [0.3, 0.4) is 0 Å². The average Bonchev–Trinajstić information content (AvgIpc) is 2.27. The van der Waals surface area contributed by atoms with E-state index in [4.69, 9.17) is 0 Å². The first-order valence-electron chi connectivity index (χ1n) is 5.43. The highest BCUT2D eigenvalue weighted by molar-refractivity contribution is 5.95. The molecule has 1 heterocycles. The van der Waals surface area contributed by atoms with Crippen molar-refractivity contribution in [2.24, 2.45) is 5.92 Å². The van der Waals surface area contributed by atoms with Gasteiger partial charge in [0.2, 0.25) is 0 Å². The maximum Gasteiger partial charge on any atom is 0.417 e. The van der Waals surface area contributed by atoms with E-state index in [9.17, 15) is 18.0 Å². The molecule has 0 aromatic carbocycles. The highest BCUT2D eigenvalue weighted by Gasteiger charge is 2.31. The van der Waals surface area contributed by atoms with E-state index in [0.29, 0.717) is 12.6 Å². The SMILES string of the molecule is CCCC(C)C(=O)c1ccc(C(F)(F)F)cn1. The number of hydrogen-bond donors (Lipinski definition) is 0. The zero-order valence-electron chi connectivity index (χ0n) is 9.71. The largest absolute Gasteiger partial charge is 0.417 e. The van der Waals surface area contributed by atoms with Crippen LogP contribution in [0.4, 0.5) is 13.2 Å². The molecule has 1 aromatic rings. The number of carbonyl (C=O) groups excluding carboxylic acids is 1. The van der Waals surface area contributed by atoms with Crippen LogP contribution in [0.25, 0.3) is 0 Å². The first kappa shape index (κ1) is 13.7. The van der Waals surface area contributed by atoms with E-state index in [1.54, 1.807) is 6.92 Å². The van der Waals surface area contributed by atoms with Gasteiger partial charge in [0.1, 0.15) is 5.69 Å². The van der Waals surface area contributed by atoms with Gasteiger partial charge in [-0.3, -0.25) is 9.78 Å². The van der Waals surface area contributed by atoms with Gasteiger partial charge in [-0.25, -0.2) is 0 Å². The minimum Gasteiger partial charge on any atom is -0.292 e. The third-order valence-electron chi connectivity index (χ3n) is 2.51. The van der Waals surface area contributed by atoms with Crippen molar-refractivity contribution in [3.63, 3.8) is 0 Å². The maximum absolute atomic E-state index is 12.3. The quantitative estimate of drug-likeness (QED) is 0.757. The van der Waals surface area contributed by atoms with Gasteiger partial charge in [-0.1, -0.05) is 20.3 Å². The predicted molar refractivity (Wildman–Crippen MR) is 57.6 cm³/mol. The third kappa shape index (κ3) is 3.54. The molecule has 0 saturated carbocycles. The maximum atomic E-state index is 12.3. The van der Waals surface area contributed by atoms with E-state index in [1.165, 1.54) is 0 Å². The fourth-order valence-corrected chi connectivity index (χ4v) is 1.52. The summed E-state index contributed by atoms with van der Waals surface area (Å²) in [5.74, 6) is -0.412. The Kier molecular flexibility index (Phi) is 4.26. The summed E-state index contributed by atoms with van der Waals surface area (Å²) < 4.78 is 36.8. The average molecular weight is 245 g/mol. The molecule has 1 aromatic heterocycles. The van der Waals surface area contributed by atoms with Crippen molar-refractivity contribution in [2.75, 3.05) is 0 Å². The second-order valence-corrected chi connectivity index (χ2v) is 3.98. The molecule has 5 heteroatoms. The number of aromatic nitrogens is 1. The molecule has 0 bridgehead atoms. The van der Waals surface area contributed by atoms with Crippen LogP contribution in [0.5, 0.6) is 0 Å². The Balaban J connectivity index is 2.84. The lowest BCUT2D eigenvalue weighted by atomic mass is 9.98. The Morgan fingerprint density at radius 1 is 1.41 bits per heavy atom. The lowest BCUT2D eigenvalue weighted by Crippen LogP contribution is -2.14. The fourth-order valence-electron chi connectivity index (χ4n) is 1.52. The molecular formula is C12H14F3NO. The van der Waals surface area contributed by atoms with Gasteiger partial charge < -0.3 is 0 Å². The van der Waals surface area contributed by atoms with Crippen molar-refractivity contribution in [1.82, 2.24) is 4.98 Å². The van der Waals surface area contributed by atoms with E-state index < -0.39 is 11.7 Å². The summed E-state index contributed by atoms with van der Waals surface area (Å²) in [4.78, 5) is 15.3. The number of alkyl halides is 3. The molecule has 0 amide bonds. The lowest BCUT2D eigenvalue weighted by molar-refractivity contribution is -0.137. The number of pyridine rings is 1. The second-order valence-electron chi connectivity index (χ2n) is 3.98. The molecule has 17 heavy (non-hydrogen) atoms. The lowest BCUT2D eigenvalue weighted by Gasteiger charge is -2.09. The zero-order valence-corrected chi connectivity index (χ0v) is 9.71. The van der Waals surface area contributed by atoms with Crippen LogP contribution in [0.15, 0.2) is 18.3 Å². The summed E-state index contributed by atoms with van der Waals surface area (Å²) in [5, 5.41) is 0. The van der Waals surface area contributed by atoms with Crippen LogP contribution >= 0.6 is 0 Å². The number of rotatable bonds is 4. The van der Waals surface area contributed by atoms with Crippen molar-refractivity contribution in [3.8, 4) is 0 Å². The monoisotopic (exact) mass is 245 g/mol. The number of halogens is 3. The van der Waals surface area contributed by atoms with Crippen LogP contribution < -0.4 is 0 Å². The number of nitrogens with zero attached hydrogens (tertiary/aromatic N) is 1. The van der Waals surface area contributed by atoms with Crippen LogP contribution in [0.2, 0.25) is 0 Å². The Bertz CT molecular complexity index is 384. The minimum absolute atomic E-state index is 0.0963. The topological polar surface area (TPSA) is 30.0 Å². The fraction of sp³-hybridized carbons (Fsp3) is 0.500. The van der Waals surface area contributed by atoms with Crippen LogP contribution in [-0.2, 0) is 6.18 Å². The van der Waals surface area contributed by atoms with Crippen LogP contribution in [0.1, 0.15) is 42.7 Å². The first-order chi connectivity index (χ1) is 7.86. The Labute approximate surface area is 97.9 Å². The molecule has 0 aliphatic rings. The third-order valence-corrected chi connectivity index (χ3v) is 2.51. The standard InChI is InChI=1S/C12H14F3NO/c1-3-4-8(2)11(17)10-6-5-9(7-16-10)12(13,14)15/h5-8H,3-4H2,1-2H3. The van der Waals surface area contributed by atoms with Crippen LogP contribution in [-0.4, -0.2) is 10.8 Å². The van der Waals surface area contributed by atoms with Gasteiger partial charge in [0.25, 0.3) is 0 Å². The molecule has 0 spiro atoms. The van der Waals surface area contributed by atoms with E-state index in [2.05, 4.69) is 4.98 Å². The summed E-state index contributed by atoms with van der Waals surface area (Å²) in [7, 11) is 0. The molecule has 0 N–H and O–H groups in total. The summed E-state index contributed by atoms with van der Waals surface area (Å²) in [6.45, 7) is 3.70. The molecule has 1 unspecified atom stereocenters. The summed E-state index contributed by atoms with van der Waals surface area (Å²) in [5.41, 5.74) is -0.740. The van der Waals surface area contributed by atoms with Gasteiger partial charge >= 0.3 is 6.18 Å². The van der Waals surface area contributed by atoms with E-state index in [-0.39, 0.29) is 17.4 Å². The molecular weight excluding hydrogens is 231 g/mol. The Morgan fingerprint density at radius 2 is 2.06 bits per heavy atom. The summed E-state index contributed by atoms with van der Waals surface area (Å²) >= 11 is 0. The van der Waals surface area contributed by atoms with Gasteiger partial charge in [-0.05, 0) is 18.6 Å². The molecule has 0 radical (unpaired) electrons. The molecule has 0 fully saturated rings. The van der Waals surface area contributed by atoms with Gasteiger partial charge in [0, 0.05) is 12.1 Å². The molecule has 2 nitrogen and oxygen atoms in total. The highest BCUT2D eigenvalue weighted by atomic mass is 19.4. The van der Waals surface area contributed by atoms with Crippen molar-refractivity contribution < 1.29 is 18.0 Å². The highest BCUT2D eigenvalue weighted by Crippen LogP contribution is 2.28. The van der Waals surface area contributed by atoms with Crippen molar-refractivity contribution in [3.05, 3.63) is 29.6 Å². The normalized spacial score (nSPS) is 13.5. The molecule has 0 aliphatic heterocycles. The van der Waals surface area contributed by atoms with Crippen LogP contribution in [0, 0.1) is 5.92 Å². The van der Waals surface area contributed by atoms with E-state index >= 15 is 0 Å². The van der Waals surface area contributed by atoms with Crippen molar-refractivity contribution in [2.45, 2.75) is 32.9 Å². The molecule has 1 atom stereocenters. The molecule has 0 saturated heterocycles. The van der Waals surface area contributed by atoms with E-state index in [0.717, 1.165) is 18.6 Å². The Morgan fingerprint density at radius 3 is 2.47 bits per heavy atom. The molecule has 94 valence electrons. The predicted octanol–water partition coefficient (Wildman–Crippen LogP) is 3.72. The van der Waals surface area contributed by atoms with Gasteiger partial charge in [0.05, 0.1) is 5.56 Å². The number of hydrogen-bond acceptors (Lipinski definition) is 2. The van der Waals surface area contributed by atoms with E-state index in [1.807, 2.05) is 6.92 Å². The first-order valence-corrected chi connectivity index (χ1v) is 5.43. The van der Waals surface area contributed by atoms with Gasteiger partial charge in [-0.2, -0.15) is 13.2 Å². The van der Waals surface area contributed by atoms with Crippen molar-refractivity contribution >= 4 is 5.78 Å². The summed E-state index contributed by atoms with van der Waals surface area (Å²) in [6.07, 6.45) is -2.15.